The Bertz CT molecular complexity index is 451. The number of carbonyl (C=O) groups excluding carboxylic acids is 1. The Balaban J connectivity index is 2.98. The van der Waals surface area contributed by atoms with Crippen LogP contribution in [0.3, 0.4) is 0 Å². The first-order valence-corrected chi connectivity index (χ1v) is 5.14. The second-order valence-electron chi connectivity index (χ2n) is 3.97. The molecule has 0 saturated carbocycles. The minimum atomic E-state index is -0.301. The first-order chi connectivity index (χ1) is 7.45. The number of anilines is 1. The highest BCUT2D eigenvalue weighted by Crippen LogP contribution is 2.05. The molecule has 0 aliphatic heterocycles. The van der Waals surface area contributed by atoms with Gasteiger partial charge in [-0.1, -0.05) is 6.92 Å². The Labute approximate surface area is 94.3 Å². The maximum atomic E-state index is 11.7. The van der Waals surface area contributed by atoms with Crippen LogP contribution in [0.2, 0.25) is 0 Å². The highest BCUT2D eigenvalue weighted by atomic mass is 16.2. The molecule has 5 heteroatoms. The summed E-state index contributed by atoms with van der Waals surface area (Å²) in [5.74, 6) is -0.532. The van der Waals surface area contributed by atoms with Gasteiger partial charge in [0, 0.05) is 25.7 Å². The Morgan fingerprint density at radius 3 is 2.81 bits per heavy atom. The lowest BCUT2D eigenvalue weighted by atomic mass is 10.1. The zero-order valence-corrected chi connectivity index (χ0v) is 9.78. The summed E-state index contributed by atoms with van der Waals surface area (Å²) in [6.45, 7) is 3.84. The average Bonchev–Trinajstić information content (AvgIpc) is 2.23. The van der Waals surface area contributed by atoms with Gasteiger partial charge in [-0.05, 0) is 18.6 Å². The molecule has 1 aromatic heterocycles. The summed E-state index contributed by atoms with van der Waals surface area (Å²) in [5, 5.41) is 2.59. The van der Waals surface area contributed by atoms with E-state index in [-0.39, 0.29) is 23.9 Å². The minimum Gasteiger partial charge on any atom is -0.330 e. The highest BCUT2D eigenvalue weighted by Gasteiger charge is 2.13. The Morgan fingerprint density at radius 2 is 2.25 bits per heavy atom. The number of amides is 1. The number of nitrogens with two attached hydrogens (primary N) is 1. The van der Waals surface area contributed by atoms with Crippen molar-refractivity contribution in [1.82, 2.24) is 4.57 Å². The fourth-order valence-corrected chi connectivity index (χ4v) is 1.33. The van der Waals surface area contributed by atoms with Gasteiger partial charge in [-0.3, -0.25) is 9.59 Å². The largest absolute Gasteiger partial charge is 0.330 e. The molecule has 1 rings (SSSR count). The lowest BCUT2D eigenvalue weighted by molar-refractivity contribution is -0.119. The number of aryl methyl sites for hydroxylation is 2. The molecule has 0 aromatic carbocycles. The third-order valence-corrected chi connectivity index (χ3v) is 2.38. The Hall–Kier alpha value is -1.62. The number of nitrogens with one attached hydrogen (secondary N) is 1. The maximum absolute atomic E-state index is 11.7. The van der Waals surface area contributed by atoms with Gasteiger partial charge in [0.05, 0.1) is 0 Å². The van der Waals surface area contributed by atoms with Gasteiger partial charge in [-0.25, -0.2) is 0 Å². The van der Waals surface area contributed by atoms with E-state index in [9.17, 15) is 9.59 Å². The predicted octanol–water partition coefficient (Wildman–Crippen LogP) is 0.227. The molecule has 0 saturated heterocycles. The second-order valence-corrected chi connectivity index (χ2v) is 3.97. The molecule has 0 aliphatic carbocycles. The summed E-state index contributed by atoms with van der Waals surface area (Å²) >= 11 is 0. The van der Waals surface area contributed by atoms with Gasteiger partial charge in [0.2, 0.25) is 5.91 Å². The van der Waals surface area contributed by atoms with E-state index in [0.717, 1.165) is 5.56 Å². The third kappa shape index (κ3) is 2.70. The fraction of sp³-hybridized carbons (Fsp3) is 0.455. The molecule has 0 fully saturated rings. The van der Waals surface area contributed by atoms with Crippen molar-refractivity contribution in [3.05, 3.63) is 28.2 Å². The minimum absolute atomic E-state index is 0.219. The summed E-state index contributed by atoms with van der Waals surface area (Å²) < 4.78 is 1.44. The number of hydrogen-bond donors (Lipinski definition) is 2. The van der Waals surface area contributed by atoms with E-state index in [0.29, 0.717) is 5.69 Å². The molecule has 1 aromatic rings. The molecule has 0 aliphatic rings. The number of pyridine rings is 1. The van der Waals surface area contributed by atoms with Crippen LogP contribution in [0.25, 0.3) is 0 Å². The smallest absolute Gasteiger partial charge is 0.274 e. The molecule has 5 nitrogen and oxygen atoms in total. The van der Waals surface area contributed by atoms with Crippen molar-refractivity contribution in [2.24, 2.45) is 18.7 Å². The van der Waals surface area contributed by atoms with E-state index in [1.165, 1.54) is 4.57 Å². The molecular formula is C11H17N3O2. The van der Waals surface area contributed by atoms with Crippen molar-refractivity contribution in [3.8, 4) is 0 Å². The molecule has 16 heavy (non-hydrogen) atoms. The molecule has 1 heterocycles. The van der Waals surface area contributed by atoms with Gasteiger partial charge in [-0.15, -0.1) is 0 Å². The molecule has 0 radical (unpaired) electrons. The van der Waals surface area contributed by atoms with E-state index in [4.69, 9.17) is 5.73 Å². The van der Waals surface area contributed by atoms with Crippen molar-refractivity contribution in [3.63, 3.8) is 0 Å². The van der Waals surface area contributed by atoms with Gasteiger partial charge in [0.1, 0.15) is 5.69 Å². The SMILES string of the molecule is Cc1cc(NC(=O)C(C)CN)c(=O)n(C)c1. The van der Waals surface area contributed by atoms with Crippen LogP contribution in [0.15, 0.2) is 17.1 Å². The standard InChI is InChI=1S/C11H17N3O2/c1-7-4-9(11(16)14(3)6-7)13-10(15)8(2)5-12/h4,6,8H,5,12H2,1-3H3,(H,13,15). The zero-order chi connectivity index (χ0) is 12.3. The van der Waals surface area contributed by atoms with Crippen molar-refractivity contribution >= 4 is 11.6 Å². The van der Waals surface area contributed by atoms with Gasteiger partial charge in [0.15, 0.2) is 0 Å². The van der Waals surface area contributed by atoms with Crippen molar-refractivity contribution < 1.29 is 4.79 Å². The lowest BCUT2D eigenvalue weighted by Gasteiger charge is -2.10. The molecule has 3 N–H and O–H groups in total. The summed E-state index contributed by atoms with van der Waals surface area (Å²) in [4.78, 5) is 23.3. The molecule has 0 spiro atoms. The molecular weight excluding hydrogens is 206 g/mol. The van der Waals surface area contributed by atoms with Crippen LogP contribution < -0.4 is 16.6 Å². The molecule has 88 valence electrons. The fourth-order valence-electron chi connectivity index (χ4n) is 1.33. The normalized spacial score (nSPS) is 12.2. The third-order valence-electron chi connectivity index (χ3n) is 2.38. The number of aromatic nitrogens is 1. The number of hydrogen-bond acceptors (Lipinski definition) is 3. The topological polar surface area (TPSA) is 77.1 Å². The van der Waals surface area contributed by atoms with Gasteiger partial charge in [-0.2, -0.15) is 0 Å². The lowest BCUT2D eigenvalue weighted by Crippen LogP contribution is -2.30. The van der Waals surface area contributed by atoms with E-state index < -0.39 is 0 Å². The maximum Gasteiger partial charge on any atom is 0.274 e. The van der Waals surface area contributed by atoms with Gasteiger partial charge in [0.25, 0.3) is 5.56 Å². The van der Waals surface area contributed by atoms with Crippen molar-refractivity contribution in [2.75, 3.05) is 11.9 Å². The first kappa shape index (κ1) is 12.4. The Morgan fingerprint density at radius 1 is 1.62 bits per heavy atom. The van der Waals surface area contributed by atoms with Crippen LogP contribution in [0.1, 0.15) is 12.5 Å². The van der Waals surface area contributed by atoms with E-state index in [1.807, 2.05) is 6.92 Å². The van der Waals surface area contributed by atoms with Crippen LogP contribution >= 0.6 is 0 Å². The number of carbonyl (C=O) groups is 1. The second kappa shape index (κ2) is 4.94. The van der Waals surface area contributed by atoms with E-state index in [2.05, 4.69) is 5.32 Å². The van der Waals surface area contributed by atoms with Crippen LogP contribution in [-0.4, -0.2) is 17.0 Å². The monoisotopic (exact) mass is 223 g/mol. The van der Waals surface area contributed by atoms with Crippen LogP contribution in [0.4, 0.5) is 5.69 Å². The summed E-state index contributed by atoms with van der Waals surface area (Å²) in [6.07, 6.45) is 1.71. The molecule has 1 atom stereocenters. The van der Waals surface area contributed by atoms with Gasteiger partial charge < -0.3 is 15.6 Å². The number of rotatable bonds is 3. The van der Waals surface area contributed by atoms with Crippen LogP contribution in [-0.2, 0) is 11.8 Å². The summed E-state index contributed by atoms with van der Waals surface area (Å²) in [6, 6.07) is 1.66. The van der Waals surface area contributed by atoms with Gasteiger partial charge >= 0.3 is 0 Å². The molecule has 1 unspecified atom stereocenters. The van der Waals surface area contributed by atoms with Crippen LogP contribution in [0.5, 0.6) is 0 Å². The molecule has 1 amide bonds. The van der Waals surface area contributed by atoms with E-state index in [1.54, 1.807) is 26.2 Å². The van der Waals surface area contributed by atoms with Crippen molar-refractivity contribution in [1.29, 1.82) is 0 Å². The predicted molar refractivity (Wildman–Crippen MR) is 63.3 cm³/mol. The first-order valence-electron chi connectivity index (χ1n) is 5.14. The highest BCUT2D eigenvalue weighted by molar-refractivity contribution is 5.92. The Kier molecular flexibility index (Phi) is 3.84. The molecule has 0 bridgehead atoms. The van der Waals surface area contributed by atoms with E-state index >= 15 is 0 Å². The summed E-state index contributed by atoms with van der Waals surface area (Å²) in [7, 11) is 1.65. The van der Waals surface area contributed by atoms with Crippen LogP contribution in [0, 0.1) is 12.8 Å². The zero-order valence-electron chi connectivity index (χ0n) is 9.78. The number of nitrogens with zero attached hydrogens (tertiary/aromatic N) is 1. The van der Waals surface area contributed by atoms with Crippen molar-refractivity contribution in [2.45, 2.75) is 13.8 Å². The summed E-state index contributed by atoms with van der Waals surface area (Å²) in [5.41, 5.74) is 6.37. The quantitative estimate of drug-likeness (QED) is 0.770. The average molecular weight is 223 g/mol.